The Labute approximate surface area is 160 Å². The first-order valence-corrected chi connectivity index (χ1v) is 9.37. The van der Waals surface area contributed by atoms with E-state index < -0.39 is 0 Å². The normalized spacial score (nSPS) is 11.5. The highest BCUT2D eigenvalue weighted by molar-refractivity contribution is 5.80. The Bertz CT molecular complexity index is 1090. The Morgan fingerprint density at radius 2 is 1.48 bits per heavy atom. The van der Waals surface area contributed by atoms with Crippen molar-refractivity contribution in [3.8, 4) is 0 Å². The molecule has 0 atom stereocenters. The molecule has 0 radical (unpaired) electrons. The Balaban J connectivity index is 1.81. The zero-order valence-electron chi connectivity index (χ0n) is 16.1. The van der Waals surface area contributed by atoms with E-state index in [1.54, 1.807) is 0 Å². The van der Waals surface area contributed by atoms with Gasteiger partial charge in [-0.25, -0.2) is 4.98 Å². The Hall–Kier alpha value is -3.13. The lowest BCUT2D eigenvalue weighted by Gasteiger charge is -2.14. The van der Waals surface area contributed by atoms with Gasteiger partial charge in [-0.15, -0.1) is 0 Å². The summed E-state index contributed by atoms with van der Waals surface area (Å²) >= 11 is 0. The summed E-state index contributed by atoms with van der Waals surface area (Å²) in [5.41, 5.74) is 8.74. The minimum atomic E-state index is 0.826. The number of nitrogens with zero attached hydrogens (tertiary/aromatic N) is 2. The van der Waals surface area contributed by atoms with Gasteiger partial charge >= 0.3 is 0 Å². The fourth-order valence-electron chi connectivity index (χ4n) is 3.74. The zero-order chi connectivity index (χ0) is 18.8. The molecular formula is C25H24N2. The molecule has 0 unspecified atom stereocenters. The third kappa shape index (κ3) is 3.56. The highest BCUT2D eigenvalue weighted by Gasteiger charge is 2.12. The topological polar surface area (TPSA) is 17.8 Å². The van der Waals surface area contributed by atoms with Gasteiger partial charge < -0.3 is 4.57 Å². The van der Waals surface area contributed by atoms with E-state index in [0.29, 0.717) is 0 Å². The number of rotatable bonds is 4. The summed E-state index contributed by atoms with van der Waals surface area (Å²) in [5, 5.41) is 0. The van der Waals surface area contributed by atoms with Gasteiger partial charge in [0.25, 0.3) is 0 Å². The van der Waals surface area contributed by atoms with Crippen LogP contribution >= 0.6 is 0 Å². The van der Waals surface area contributed by atoms with Crippen molar-refractivity contribution in [1.82, 2.24) is 9.55 Å². The van der Waals surface area contributed by atoms with Crippen LogP contribution in [-0.2, 0) is 6.54 Å². The van der Waals surface area contributed by atoms with Gasteiger partial charge in [0.1, 0.15) is 5.82 Å². The summed E-state index contributed by atoms with van der Waals surface area (Å²) in [6.45, 7) is 7.39. The molecule has 4 aromatic rings. The van der Waals surface area contributed by atoms with Gasteiger partial charge in [-0.05, 0) is 61.2 Å². The maximum atomic E-state index is 4.88. The quantitative estimate of drug-likeness (QED) is 0.429. The SMILES string of the molecule is Cc1cc(C)c(Cn2c(/C=C/c3ccccc3)nc3ccccc32)c(C)c1. The van der Waals surface area contributed by atoms with Crippen LogP contribution in [0.2, 0.25) is 0 Å². The Kier molecular flexibility index (Phi) is 4.64. The van der Waals surface area contributed by atoms with E-state index in [-0.39, 0.29) is 0 Å². The number of hydrogen-bond acceptors (Lipinski definition) is 1. The average molecular weight is 352 g/mol. The molecule has 3 aromatic carbocycles. The monoisotopic (exact) mass is 352 g/mol. The fourth-order valence-corrected chi connectivity index (χ4v) is 3.74. The van der Waals surface area contributed by atoms with Crippen molar-refractivity contribution in [3.63, 3.8) is 0 Å². The first-order valence-electron chi connectivity index (χ1n) is 9.37. The van der Waals surface area contributed by atoms with E-state index in [1.165, 1.54) is 33.3 Å². The third-order valence-electron chi connectivity index (χ3n) is 5.07. The molecule has 0 aliphatic rings. The van der Waals surface area contributed by atoms with Crippen LogP contribution in [0, 0.1) is 20.8 Å². The number of fused-ring (bicyclic) bond motifs is 1. The Morgan fingerprint density at radius 1 is 0.815 bits per heavy atom. The van der Waals surface area contributed by atoms with E-state index in [4.69, 9.17) is 4.98 Å². The molecule has 0 saturated carbocycles. The van der Waals surface area contributed by atoms with Crippen LogP contribution in [0.25, 0.3) is 23.2 Å². The largest absolute Gasteiger partial charge is 0.320 e. The van der Waals surface area contributed by atoms with Gasteiger partial charge in [0.15, 0.2) is 0 Å². The van der Waals surface area contributed by atoms with E-state index in [9.17, 15) is 0 Å². The van der Waals surface area contributed by atoms with E-state index in [0.717, 1.165) is 17.9 Å². The molecule has 4 rings (SSSR count). The average Bonchev–Trinajstić information content (AvgIpc) is 3.01. The predicted molar refractivity (Wildman–Crippen MR) is 115 cm³/mol. The van der Waals surface area contributed by atoms with Crippen LogP contribution in [-0.4, -0.2) is 9.55 Å². The first kappa shape index (κ1) is 17.3. The molecule has 27 heavy (non-hydrogen) atoms. The number of aryl methyl sites for hydroxylation is 3. The van der Waals surface area contributed by atoms with Crippen LogP contribution in [0.15, 0.2) is 66.7 Å². The second-order valence-electron chi connectivity index (χ2n) is 7.17. The highest BCUT2D eigenvalue weighted by Crippen LogP contribution is 2.23. The van der Waals surface area contributed by atoms with Crippen molar-refractivity contribution in [2.24, 2.45) is 0 Å². The number of aromatic nitrogens is 2. The summed E-state index contributed by atoms with van der Waals surface area (Å²) < 4.78 is 2.32. The van der Waals surface area contributed by atoms with Crippen LogP contribution in [0.3, 0.4) is 0 Å². The van der Waals surface area contributed by atoms with Crippen LogP contribution < -0.4 is 0 Å². The van der Waals surface area contributed by atoms with Gasteiger partial charge in [-0.1, -0.05) is 66.2 Å². The maximum Gasteiger partial charge on any atom is 0.134 e. The summed E-state index contributed by atoms with van der Waals surface area (Å²) in [5.74, 6) is 0.986. The molecule has 0 aliphatic carbocycles. The number of hydrogen-bond donors (Lipinski definition) is 0. The molecule has 134 valence electrons. The molecule has 0 fully saturated rings. The molecular weight excluding hydrogens is 328 g/mol. The second kappa shape index (κ2) is 7.24. The second-order valence-corrected chi connectivity index (χ2v) is 7.17. The van der Waals surface area contributed by atoms with E-state index in [1.807, 2.05) is 12.1 Å². The van der Waals surface area contributed by atoms with Gasteiger partial charge in [0.2, 0.25) is 0 Å². The number of para-hydroxylation sites is 2. The fraction of sp³-hybridized carbons (Fsp3) is 0.160. The zero-order valence-corrected chi connectivity index (χ0v) is 16.1. The molecule has 0 N–H and O–H groups in total. The van der Waals surface area contributed by atoms with Gasteiger partial charge in [0.05, 0.1) is 17.6 Å². The molecule has 0 spiro atoms. The minimum Gasteiger partial charge on any atom is -0.320 e. The minimum absolute atomic E-state index is 0.826. The lowest BCUT2D eigenvalue weighted by Crippen LogP contribution is -2.06. The summed E-state index contributed by atoms with van der Waals surface area (Å²) in [4.78, 5) is 4.88. The van der Waals surface area contributed by atoms with Crippen molar-refractivity contribution in [3.05, 3.63) is 100 Å². The molecule has 0 amide bonds. The molecule has 1 heterocycles. The number of imidazole rings is 1. The number of benzene rings is 3. The highest BCUT2D eigenvalue weighted by atomic mass is 15.1. The summed E-state index contributed by atoms with van der Waals surface area (Å²) in [6, 6.07) is 23.3. The lowest BCUT2D eigenvalue weighted by atomic mass is 9.99. The summed E-state index contributed by atoms with van der Waals surface area (Å²) in [6.07, 6.45) is 4.25. The van der Waals surface area contributed by atoms with Crippen molar-refractivity contribution in [1.29, 1.82) is 0 Å². The first-order chi connectivity index (χ1) is 13.1. The van der Waals surface area contributed by atoms with Crippen molar-refractivity contribution in [2.45, 2.75) is 27.3 Å². The molecule has 0 saturated heterocycles. The summed E-state index contributed by atoms with van der Waals surface area (Å²) in [7, 11) is 0. The Morgan fingerprint density at radius 3 is 2.22 bits per heavy atom. The van der Waals surface area contributed by atoms with Crippen molar-refractivity contribution < 1.29 is 0 Å². The molecule has 2 nitrogen and oxygen atoms in total. The van der Waals surface area contributed by atoms with Crippen molar-refractivity contribution in [2.75, 3.05) is 0 Å². The standard InChI is InChI=1S/C25H24N2/c1-18-15-19(2)22(20(3)16-18)17-27-24-12-8-7-11-23(24)26-25(27)14-13-21-9-5-4-6-10-21/h4-16H,17H2,1-3H3/b14-13+. The van der Waals surface area contributed by atoms with Crippen molar-refractivity contribution >= 4 is 23.2 Å². The lowest BCUT2D eigenvalue weighted by molar-refractivity contribution is 0.802. The third-order valence-corrected chi connectivity index (χ3v) is 5.07. The van der Waals surface area contributed by atoms with Crippen LogP contribution in [0.5, 0.6) is 0 Å². The van der Waals surface area contributed by atoms with Crippen LogP contribution in [0.1, 0.15) is 33.6 Å². The van der Waals surface area contributed by atoms with E-state index in [2.05, 4.69) is 92.1 Å². The molecule has 1 aromatic heterocycles. The van der Waals surface area contributed by atoms with Gasteiger partial charge in [0, 0.05) is 0 Å². The predicted octanol–water partition coefficient (Wildman–Crippen LogP) is 6.18. The van der Waals surface area contributed by atoms with E-state index >= 15 is 0 Å². The van der Waals surface area contributed by atoms with Gasteiger partial charge in [-0.2, -0.15) is 0 Å². The molecule has 0 aliphatic heterocycles. The maximum absolute atomic E-state index is 4.88. The van der Waals surface area contributed by atoms with Crippen LogP contribution in [0.4, 0.5) is 0 Å². The smallest absolute Gasteiger partial charge is 0.134 e. The van der Waals surface area contributed by atoms with Gasteiger partial charge in [-0.3, -0.25) is 0 Å². The molecule has 0 bridgehead atoms. The molecule has 2 heteroatoms.